The van der Waals surface area contributed by atoms with Gasteiger partial charge in [0.15, 0.2) is 0 Å². The van der Waals surface area contributed by atoms with Crippen molar-refractivity contribution in [3.8, 4) is 5.75 Å². The van der Waals surface area contributed by atoms with Gasteiger partial charge in [-0.2, -0.15) is 0 Å². The van der Waals surface area contributed by atoms with Gasteiger partial charge in [0.1, 0.15) is 0 Å². The summed E-state index contributed by atoms with van der Waals surface area (Å²) in [5.41, 5.74) is 4.19. The third-order valence-corrected chi connectivity index (χ3v) is 4.74. The molecule has 0 atom stereocenters. The molecule has 102 valence electrons. The molecule has 0 unspecified atom stereocenters. The molecule has 0 radical (unpaired) electrons. The zero-order chi connectivity index (χ0) is 13.9. The van der Waals surface area contributed by atoms with Crippen molar-refractivity contribution in [1.29, 1.82) is 0 Å². The van der Waals surface area contributed by atoms with E-state index < -0.39 is 0 Å². The van der Waals surface area contributed by atoms with Gasteiger partial charge in [-0.05, 0) is 0 Å². The zero-order valence-electron chi connectivity index (χ0n) is 10.8. The summed E-state index contributed by atoms with van der Waals surface area (Å²) >= 11 is 3.50. The van der Waals surface area contributed by atoms with E-state index in [1.165, 1.54) is 5.56 Å². The number of rotatable bonds is 4. The van der Waals surface area contributed by atoms with Crippen molar-refractivity contribution >= 4 is 47.6 Å². The van der Waals surface area contributed by atoms with Crippen molar-refractivity contribution in [3.05, 3.63) is 46.4 Å². The standard InChI is InChI=1S/C14H12BrN3OSe/c1-19-13-6-5-9(7-10(13)15)8-16-11-3-2-4-12-14(11)18-20-17-12/h2-7,16H,8H2,1H3. The Kier molecular flexibility index (Phi) is 4.05. The predicted octanol–water partition coefficient (Wildman–Crippen LogP) is 3.07. The molecule has 0 amide bonds. The number of aromatic nitrogens is 2. The Morgan fingerprint density at radius 3 is 2.95 bits per heavy atom. The van der Waals surface area contributed by atoms with Crippen LogP contribution in [0.5, 0.6) is 5.75 Å². The predicted molar refractivity (Wildman–Crippen MR) is 84.5 cm³/mol. The first-order valence-corrected chi connectivity index (χ1v) is 8.38. The average Bonchev–Trinajstić information content (AvgIpc) is 2.94. The summed E-state index contributed by atoms with van der Waals surface area (Å²) in [5, 5.41) is 3.42. The summed E-state index contributed by atoms with van der Waals surface area (Å²) in [4.78, 5) is 0. The van der Waals surface area contributed by atoms with Gasteiger partial charge in [-0.1, -0.05) is 0 Å². The normalized spacial score (nSPS) is 10.7. The Bertz CT molecular complexity index is 744. The Morgan fingerprint density at radius 1 is 1.25 bits per heavy atom. The average molecular weight is 397 g/mol. The fraction of sp³-hybridized carbons (Fsp3) is 0.143. The molecule has 2 aromatic carbocycles. The number of anilines is 1. The molecule has 0 fully saturated rings. The van der Waals surface area contributed by atoms with Crippen LogP contribution >= 0.6 is 15.9 Å². The number of hydrogen-bond acceptors (Lipinski definition) is 4. The van der Waals surface area contributed by atoms with E-state index in [0.717, 1.165) is 33.5 Å². The van der Waals surface area contributed by atoms with E-state index in [4.69, 9.17) is 4.74 Å². The van der Waals surface area contributed by atoms with Gasteiger partial charge in [0.05, 0.1) is 0 Å². The van der Waals surface area contributed by atoms with Crippen LogP contribution < -0.4 is 10.1 Å². The van der Waals surface area contributed by atoms with Gasteiger partial charge in [0, 0.05) is 0 Å². The number of halogens is 1. The molecular formula is C14H12BrN3OSe. The SMILES string of the molecule is COc1ccc(CNc2cccc3n[se]nc23)cc1Br. The van der Waals surface area contributed by atoms with E-state index >= 15 is 0 Å². The fourth-order valence-electron chi connectivity index (χ4n) is 1.97. The number of fused-ring (bicyclic) bond motifs is 1. The van der Waals surface area contributed by atoms with E-state index in [9.17, 15) is 0 Å². The molecular weight excluding hydrogens is 385 g/mol. The summed E-state index contributed by atoms with van der Waals surface area (Å²) in [7, 11) is 1.66. The number of methoxy groups -OCH3 is 1. The molecule has 1 heterocycles. The summed E-state index contributed by atoms with van der Waals surface area (Å²) in [5.74, 6) is 0.839. The number of nitrogens with zero attached hydrogens (tertiary/aromatic N) is 2. The summed E-state index contributed by atoms with van der Waals surface area (Å²) in [6.45, 7) is 0.738. The molecule has 1 N–H and O–H groups in total. The van der Waals surface area contributed by atoms with Crippen LogP contribution in [0, 0.1) is 0 Å². The maximum atomic E-state index is 5.23. The first kappa shape index (κ1) is 13.6. The van der Waals surface area contributed by atoms with Crippen LogP contribution in [-0.2, 0) is 6.54 Å². The van der Waals surface area contributed by atoms with Gasteiger partial charge in [0.25, 0.3) is 0 Å². The molecule has 1 aromatic heterocycles. The van der Waals surface area contributed by atoms with E-state index in [2.05, 4.69) is 35.3 Å². The van der Waals surface area contributed by atoms with Crippen molar-refractivity contribution in [2.45, 2.75) is 6.54 Å². The first-order chi connectivity index (χ1) is 9.78. The monoisotopic (exact) mass is 397 g/mol. The molecule has 0 saturated carbocycles. The molecule has 0 aliphatic heterocycles. The van der Waals surface area contributed by atoms with Crippen molar-refractivity contribution < 1.29 is 4.74 Å². The van der Waals surface area contributed by atoms with E-state index in [1.807, 2.05) is 30.3 Å². The fourth-order valence-corrected chi connectivity index (χ4v) is 3.71. The summed E-state index contributed by atoms with van der Waals surface area (Å²) in [6.07, 6.45) is 0. The van der Waals surface area contributed by atoms with Gasteiger partial charge in [-0.25, -0.2) is 0 Å². The first-order valence-electron chi connectivity index (χ1n) is 6.05. The Balaban J connectivity index is 1.79. The number of nitrogens with one attached hydrogen (secondary N) is 1. The van der Waals surface area contributed by atoms with E-state index in [0.29, 0.717) is 0 Å². The maximum absolute atomic E-state index is 5.23. The molecule has 3 rings (SSSR count). The third-order valence-electron chi connectivity index (χ3n) is 2.99. The molecule has 0 bridgehead atoms. The minimum atomic E-state index is 0.00323. The number of hydrogen-bond donors (Lipinski definition) is 1. The second-order valence-corrected chi connectivity index (χ2v) is 6.22. The van der Waals surface area contributed by atoms with Gasteiger partial charge in [-0.3, -0.25) is 0 Å². The zero-order valence-corrected chi connectivity index (χ0v) is 14.1. The molecule has 4 nitrogen and oxygen atoms in total. The van der Waals surface area contributed by atoms with Crippen LogP contribution in [0.4, 0.5) is 5.69 Å². The van der Waals surface area contributed by atoms with Crippen molar-refractivity contribution in [1.82, 2.24) is 7.96 Å². The van der Waals surface area contributed by atoms with Crippen LogP contribution in [0.2, 0.25) is 0 Å². The summed E-state index contributed by atoms with van der Waals surface area (Å²) < 4.78 is 15.0. The van der Waals surface area contributed by atoms with Crippen LogP contribution in [0.25, 0.3) is 11.0 Å². The third kappa shape index (κ3) is 2.73. The Labute approximate surface area is 131 Å². The molecule has 0 saturated heterocycles. The Morgan fingerprint density at radius 2 is 2.15 bits per heavy atom. The van der Waals surface area contributed by atoms with Crippen LogP contribution in [0.1, 0.15) is 5.56 Å². The molecule has 0 spiro atoms. The van der Waals surface area contributed by atoms with Gasteiger partial charge in [0.2, 0.25) is 0 Å². The van der Waals surface area contributed by atoms with Crippen molar-refractivity contribution in [3.63, 3.8) is 0 Å². The summed E-state index contributed by atoms with van der Waals surface area (Å²) in [6, 6.07) is 12.1. The number of benzene rings is 2. The molecule has 20 heavy (non-hydrogen) atoms. The van der Waals surface area contributed by atoms with E-state index in [1.54, 1.807) is 7.11 Å². The van der Waals surface area contributed by atoms with Gasteiger partial charge in [-0.15, -0.1) is 0 Å². The molecule has 0 aliphatic rings. The number of ether oxygens (including phenoxy) is 1. The van der Waals surface area contributed by atoms with Gasteiger partial charge >= 0.3 is 131 Å². The van der Waals surface area contributed by atoms with Crippen LogP contribution in [0.3, 0.4) is 0 Å². The minimum absolute atomic E-state index is 0.00323. The molecule has 0 aliphatic carbocycles. The van der Waals surface area contributed by atoms with Gasteiger partial charge < -0.3 is 0 Å². The molecule has 6 heteroatoms. The Hall–Kier alpha value is -1.36. The van der Waals surface area contributed by atoms with Crippen molar-refractivity contribution in [2.75, 3.05) is 12.4 Å². The van der Waals surface area contributed by atoms with E-state index in [-0.39, 0.29) is 15.0 Å². The van der Waals surface area contributed by atoms with Crippen molar-refractivity contribution in [2.24, 2.45) is 0 Å². The topological polar surface area (TPSA) is 47.0 Å². The molecule has 3 aromatic rings. The van der Waals surface area contributed by atoms with Crippen LogP contribution in [-0.4, -0.2) is 30.0 Å². The quantitative estimate of drug-likeness (QED) is 0.688. The van der Waals surface area contributed by atoms with Crippen LogP contribution in [0.15, 0.2) is 40.9 Å². The second-order valence-electron chi connectivity index (χ2n) is 4.26. The second kappa shape index (κ2) is 5.95.